The van der Waals surface area contributed by atoms with Gasteiger partial charge in [-0.15, -0.1) is 0 Å². The van der Waals surface area contributed by atoms with Crippen molar-refractivity contribution in [1.29, 1.82) is 0 Å². The fourth-order valence-electron chi connectivity index (χ4n) is 4.04. The molecule has 0 aliphatic rings. The molecule has 0 fully saturated rings. The highest BCUT2D eigenvalue weighted by molar-refractivity contribution is 8.76. The summed E-state index contributed by atoms with van der Waals surface area (Å²) in [7, 11) is 3.07. The van der Waals surface area contributed by atoms with Gasteiger partial charge in [-0.2, -0.15) is 0 Å². The first-order chi connectivity index (χ1) is 22.5. The van der Waals surface area contributed by atoms with Gasteiger partial charge in [-0.1, -0.05) is 92.6 Å². The lowest BCUT2D eigenvalue weighted by atomic mass is 10.1. The Morgan fingerprint density at radius 3 is 1.24 bits per heavy atom. The summed E-state index contributed by atoms with van der Waals surface area (Å²) in [4.78, 5) is 25.0. The topological polar surface area (TPSA) is 142 Å². The number of nitrogens with zero attached hydrogens (tertiary/aromatic N) is 2. The van der Waals surface area contributed by atoms with Crippen LogP contribution in [-0.4, -0.2) is 58.2 Å². The van der Waals surface area contributed by atoms with Crippen molar-refractivity contribution in [1.82, 2.24) is 10.6 Å². The van der Waals surface area contributed by atoms with E-state index in [1.165, 1.54) is 21.6 Å². The second kappa shape index (κ2) is 18.8. The monoisotopic (exact) mass is 658 g/mol. The van der Waals surface area contributed by atoms with E-state index < -0.39 is 11.8 Å². The van der Waals surface area contributed by atoms with E-state index >= 15 is 0 Å². The molecule has 0 bridgehead atoms. The Morgan fingerprint density at radius 1 is 0.543 bits per heavy atom. The van der Waals surface area contributed by atoms with Crippen molar-refractivity contribution in [3.8, 4) is 23.0 Å². The molecule has 0 spiro atoms. The van der Waals surface area contributed by atoms with Gasteiger partial charge in [0.15, 0.2) is 0 Å². The molecule has 0 aromatic heterocycles. The van der Waals surface area contributed by atoms with Gasteiger partial charge >= 0.3 is 0 Å². The van der Waals surface area contributed by atoms with Crippen LogP contribution in [0.4, 0.5) is 0 Å². The summed E-state index contributed by atoms with van der Waals surface area (Å²) < 4.78 is 11.6. The number of nitrogens with one attached hydrogen (secondary N) is 2. The maximum absolute atomic E-state index is 12.5. The second-order valence-corrected chi connectivity index (χ2v) is 12.4. The summed E-state index contributed by atoms with van der Waals surface area (Å²) in [6.45, 7) is 0.754. The molecule has 0 saturated heterocycles. The second-order valence-electron chi connectivity index (χ2n) is 9.72. The van der Waals surface area contributed by atoms with Crippen LogP contribution in [0.1, 0.15) is 11.1 Å². The molecule has 0 unspecified atom stereocenters. The number of amides is 2. The normalized spacial score (nSPS) is 11.5. The summed E-state index contributed by atoms with van der Waals surface area (Å²) in [5, 5.41) is 30.6. The molecule has 4 N–H and O–H groups in total. The average molecular weight is 659 g/mol. The van der Waals surface area contributed by atoms with E-state index in [1.807, 2.05) is 84.9 Å². The molecule has 12 heteroatoms. The third-order valence-electron chi connectivity index (χ3n) is 6.34. The summed E-state index contributed by atoms with van der Waals surface area (Å²) >= 11 is 0. The molecule has 0 heterocycles. The van der Waals surface area contributed by atoms with E-state index in [4.69, 9.17) is 9.47 Å². The molecular formula is C34H34N4O6S2. The van der Waals surface area contributed by atoms with Gasteiger partial charge in [0.05, 0.1) is 0 Å². The summed E-state index contributed by atoms with van der Waals surface area (Å²) in [6, 6.07) is 33.3. The van der Waals surface area contributed by atoms with Crippen molar-refractivity contribution in [2.45, 2.75) is 12.8 Å². The standard InChI is InChI=1S/C34H34N4O6S2/c39-33(31(37-41)23-25-11-15-29(16-12-25)43-27-7-3-1-4-8-27)35-19-21-45-46-22-20-36-34(40)32(38-42)24-26-13-17-30(18-14-26)44-28-9-5-2-6-10-28/h1-18,41-42H,19-24H2,(H,35,39)(H,36,40)/b37-31-,38-32+. The van der Waals surface area contributed by atoms with Gasteiger partial charge in [0.2, 0.25) is 0 Å². The summed E-state index contributed by atoms with van der Waals surface area (Å²) in [5.74, 6) is 3.11. The Hall–Kier alpha value is -4.94. The van der Waals surface area contributed by atoms with Crippen molar-refractivity contribution in [3.05, 3.63) is 120 Å². The van der Waals surface area contributed by atoms with Gasteiger partial charge in [0.1, 0.15) is 34.4 Å². The van der Waals surface area contributed by atoms with Crippen LogP contribution in [0.25, 0.3) is 0 Å². The minimum Gasteiger partial charge on any atom is -0.457 e. The molecule has 0 aliphatic carbocycles. The molecule has 4 aromatic carbocycles. The van der Waals surface area contributed by atoms with Crippen LogP contribution in [0.15, 0.2) is 120 Å². The van der Waals surface area contributed by atoms with Gasteiger partial charge in [-0.25, -0.2) is 0 Å². The number of hydrogen-bond donors (Lipinski definition) is 4. The van der Waals surface area contributed by atoms with Crippen molar-refractivity contribution in [2.75, 3.05) is 24.6 Å². The fraction of sp³-hybridized carbons (Fsp3) is 0.176. The lowest BCUT2D eigenvalue weighted by molar-refractivity contribution is -0.115. The highest BCUT2D eigenvalue weighted by Gasteiger charge is 2.14. The number of carbonyl (C=O) groups excluding carboxylic acids is 2. The molecule has 238 valence electrons. The molecular weight excluding hydrogens is 625 g/mol. The predicted octanol–water partition coefficient (Wildman–Crippen LogP) is 6.33. The number of para-hydroxylation sites is 2. The molecule has 0 aliphatic heterocycles. The van der Waals surface area contributed by atoms with Gasteiger partial charge in [0.25, 0.3) is 11.8 Å². The van der Waals surface area contributed by atoms with Crippen LogP contribution in [0.2, 0.25) is 0 Å². The highest BCUT2D eigenvalue weighted by atomic mass is 33.1. The number of hydrogen-bond acceptors (Lipinski definition) is 10. The zero-order valence-electron chi connectivity index (χ0n) is 24.9. The molecule has 4 aromatic rings. The van der Waals surface area contributed by atoms with Gasteiger partial charge in [-0.05, 0) is 59.7 Å². The number of rotatable bonds is 17. The van der Waals surface area contributed by atoms with Gasteiger partial charge in [0, 0.05) is 37.4 Å². The lowest BCUT2D eigenvalue weighted by Gasteiger charge is -2.09. The Morgan fingerprint density at radius 2 is 0.891 bits per heavy atom. The molecule has 10 nitrogen and oxygen atoms in total. The number of benzene rings is 4. The van der Waals surface area contributed by atoms with E-state index in [0.29, 0.717) is 36.1 Å². The third kappa shape index (κ3) is 11.5. The van der Waals surface area contributed by atoms with Crippen molar-refractivity contribution in [3.63, 3.8) is 0 Å². The smallest absolute Gasteiger partial charge is 0.269 e. The van der Waals surface area contributed by atoms with Gasteiger partial charge < -0.3 is 30.5 Å². The first-order valence-electron chi connectivity index (χ1n) is 14.4. The maximum Gasteiger partial charge on any atom is 0.269 e. The minimum atomic E-state index is -0.445. The number of carbonyl (C=O) groups is 2. The summed E-state index contributed by atoms with van der Waals surface area (Å²) in [6.07, 6.45) is 0.339. The van der Waals surface area contributed by atoms with Crippen LogP contribution in [0.3, 0.4) is 0 Å². The Bertz CT molecular complexity index is 1460. The molecule has 0 saturated carbocycles. The molecule has 46 heavy (non-hydrogen) atoms. The van der Waals surface area contributed by atoms with Gasteiger partial charge in [-0.3, -0.25) is 9.59 Å². The van der Waals surface area contributed by atoms with E-state index in [0.717, 1.165) is 22.6 Å². The first-order valence-corrected chi connectivity index (χ1v) is 16.9. The molecule has 0 radical (unpaired) electrons. The lowest BCUT2D eigenvalue weighted by Crippen LogP contribution is -2.34. The zero-order valence-corrected chi connectivity index (χ0v) is 26.5. The van der Waals surface area contributed by atoms with Crippen LogP contribution in [0.5, 0.6) is 23.0 Å². The fourth-order valence-corrected chi connectivity index (χ4v) is 5.86. The van der Waals surface area contributed by atoms with Crippen LogP contribution < -0.4 is 20.1 Å². The predicted molar refractivity (Wildman–Crippen MR) is 183 cm³/mol. The molecule has 2 amide bonds. The third-order valence-corrected chi connectivity index (χ3v) is 8.75. The van der Waals surface area contributed by atoms with E-state index in [2.05, 4.69) is 20.9 Å². The molecule has 4 rings (SSSR count). The number of oxime groups is 2. The van der Waals surface area contributed by atoms with E-state index in [1.54, 1.807) is 24.3 Å². The quantitative estimate of drug-likeness (QED) is 0.0339. The molecule has 0 atom stereocenters. The summed E-state index contributed by atoms with van der Waals surface area (Å²) in [5.41, 5.74) is 1.62. The SMILES string of the molecule is O=C(NCCSSCCNC(=O)/C(Cc1ccc(Oc2ccccc2)cc1)=N/O)/C(Cc1ccc(Oc2ccccc2)cc1)=N\O. The van der Waals surface area contributed by atoms with Crippen molar-refractivity contribution < 1.29 is 29.5 Å². The van der Waals surface area contributed by atoms with E-state index in [9.17, 15) is 20.0 Å². The Labute approximate surface area is 275 Å². The Balaban J connectivity index is 1.07. The van der Waals surface area contributed by atoms with Crippen LogP contribution in [0, 0.1) is 0 Å². The van der Waals surface area contributed by atoms with E-state index in [-0.39, 0.29) is 24.3 Å². The number of ether oxygens (including phenoxy) is 2. The zero-order chi connectivity index (χ0) is 32.4. The minimum absolute atomic E-state index is 0.00917. The van der Waals surface area contributed by atoms with Crippen molar-refractivity contribution >= 4 is 44.8 Å². The van der Waals surface area contributed by atoms with Crippen molar-refractivity contribution in [2.24, 2.45) is 10.3 Å². The Kier molecular flexibility index (Phi) is 13.9. The van der Waals surface area contributed by atoms with Crippen LogP contribution in [-0.2, 0) is 22.4 Å². The first kappa shape index (κ1) is 33.9. The maximum atomic E-state index is 12.5. The highest BCUT2D eigenvalue weighted by Crippen LogP contribution is 2.23. The van der Waals surface area contributed by atoms with Crippen LogP contribution >= 0.6 is 21.6 Å². The average Bonchev–Trinajstić information content (AvgIpc) is 3.09. The largest absolute Gasteiger partial charge is 0.457 e.